The molecule has 1 aliphatic heterocycles. The van der Waals surface area contributed by atoms with Crippen LogP contribution < -0.4 is 15.0 Å². The lowest BCUT2D eigenvalue weighted by Crippen LogP contribution is -2.55. The van der Waals surface area contributed by atoms with Crippen LogP contribution in [0.25, 0.3) is 11.1 Å². The number of anilines is 2. The van der Waals surface area contributed by atoms with E-state index >= 15 is 0 Å². The van der Waals surface area contributed by atoms with Crippen LogP contribution in [0.4, 0.5) is 11.4 Å². The highest BCUT2D eigenvalue weighted by Crippen LogP contribution is 2.53. The second-order valence-corrected chi connectivity index (χ2v) is 12.4. The minimum absolute atomic E-state index is 0.0534. The number of nitrogens with zero attached hydrogens (tertiary/aromatic N) is 2. The highest BCUT2D eigenvalue weighted by molar-refractivity contribution is 6.06. The number of amides is 2. The molecule has 226 valence electrons. The van der Waals surface area contributed by atoms with E-state index in [1.54, 1.807) is 13.1 Å². The zero-order valence-electron chi connectivity index (χ0n) is 26.1. The van der Waals surface area contributed by atoms with Crippen LogP contribution in [0.1, 0.15) is 61.3 Å². The summed E-state index contributed by atoms with van der Waals surface area (Å²) in [5.74, 6) is 0.161. The Bertz CT molecular complexity index is 1820. The topological polar surface area (TPSA) is 71.5 Å². The monoisotopic (exact) mass is 595 g/mol. The number of carbonyl (C=O) groups excluding carboxylic acids is 2. The lowest BCUT2D eigenvalue weighted by Gasteiger charge is -2.51. The Hall–Kier alpha value is -5.23. The molecule has 6 rings (SSSR count). The molecule has 1 atom stereocenters. The molecule has 2 amide bonds. The molecular weight excluding hydrogens is 558 g/mol. The smallest absolute Gasteiger partial charge is 0.255 e. The Morgan fingerprint density at radius 3 is 2.11 bits per heavy atom. The van der Waals surface area contributed by atoms with Crippen molar-refractivity contribution in [1.29, 1.82) is 0 Å². The van der Waals surface area contributed by atoms with E-state index in [1.165, 1.54) is 0 Å². The predicted octanol–water partition coefficient (Wildman–Crippen LogP) is 8.42. The molecule has 0 radical (unpaired) electrons. The van der Waals surface area contributed by atoms with Crippen LogP contribution in [0, 0.1) is 0 Å². The molecule has 1 aromatic heterocycles. The van der Waals surface area contributed by atoms with Gasteiger partial charge in [0.1, 0.15) is 12.4 Å². The summed E-state index contributed by atoms with van der Waals surface area (Å²) in [5.41, 5.74) is 5.87. The fraction of sp³-hybridized carbons (Fsp3) is 0.205. The molecule has 4 aromatic carbocycles. The van der Waals surface area contributed by atoms with Crippen molar-refractivity contribution in [3.8, 4) is 16.9 Å². The quantitative estimate of drug-likeness (QED) is 0.205. The van der Waals surface area contributed by atoms with Crippen molar-refractivity contribution in [2.45, 2.75) is 51.7 Å². The number of carbonyl (C=O) groups is 2. The summed E-state index contributed by atoms with van der Waals surface area (Å²) in [4.78, 5) is 33.2. The van der Waals surface area contributed by atoms with Crippen molar-refractivity contribution in [3.05, 3.63) is 144 Å². The summed E-state index contributed by atoms with van der Waals surface area (Å²) in [5, 5.41) is 3.14. The number of benzene rings is 4. The highest BCUT2D eigenvalue weighted by atomic mass is 16.5. The van der Waals surface area contributed by atoms with Crippen LogP contribution in [-0.4, -0.2) is 22.3 Å². The summed E-state index contributed by atoms with van der Waals surface area (Å²) in [6, 6.07) is 37.5. The number of aromatic nitrogens is 1. The molecule has 1 unspecified atom stereocenters. The molecule has 6 nitrogen and oxygen atoms in total. The predicted molar refractivity (Wildman–Crippen MR) is 180 cm³/mol. The molecule has 45 heavy (non-hydrogen) atoms. The first-order valence-corrected chi connectivity index (χ1v) is 15.2. The van der Waals surface area contributed by atoms with Crippen molar-refractivity contribution in [2.75, 3.05) is 10.2 Å². The van der Waals surface area contributed by atoms with Crippen LogP contribution >= 0.6 is 0 Å². The molecule has 6 heteroatoms. The molecule has 0 saturated heterocycles. The zero-order valence-corrected chi connectivity index (χ0v) is 26.1. The maximum absolute atomic E-state index is 13.7. The lowest BCUT2D eigenvalue weighted by molar-refractivity contribution is -0.117. The molecule has 0 bridgehead atoms. The molecular formula is C39H37N3O3. The standard InChI is InChI=1S/C39H37N3O3/c1-27(43)42-35-24-36(45-25-32-17-11-12-22-40-32)34(23-33(35)39(4,26-38(42,2)3)31-15-9-6-10-16-31)41-37(44)30-20-18-29(19-21-30)28-13-7-5-8-14-28/h5-24H,25-26H2,1-4H3,(H,41,44). The number of hydrogen-bond acceptors (Lipinski definition) is 4. The van der Waals surface area contributed by atoms with E-state index in [0.29, 0.717) is 23.4 Å². The SMILES string of the molecule is CC(=O)N1c2cc(OCc3ccccn3)c(NC(=O)c3ccc(-c4ccccc4)cc3)cc2C(C)(c2ccccc2)CC1(C)C. The molecule has 5 aromatic rings. The lowest BCUT2D eigenvalue weighted by atomic mass is 9.65. The third-order valence-electron chi connectivity index (χ3n) is 8.65. The second-order valence-electron chi connectivity index (χ2n) is 12.4. The summed E-state index contributed by atoms with van der Waals surface area (Å²) < 4.78 is 6.36. The maximum Gasteiger partial charge on any atom is 0.255 e. The van der Waals surface area contributed by atoms with Crippen molar-refractivity contribution in [3.63, 3.8) is 0 Å². The van der Waals surface area contributed by atoms with Crippen LogP contribution in [0.15, 0.2) is 121 Å². The van der Waals surface area contributed by atoms with E-state index in [-0.39, 0.29) is 18.4 Å². The minimum atomic E-state index is -0.479. The van der Waals surface area contributed by atoms with Gasteiger partial charge in [0.15, 0.2) is 0 Å². The first-order valence-electron chi connectivity index (χ1n) is 15.2. The Morgan fingerprint density at radius 1 is 0.822 bits per heavy atom. The van der Waals surface area contributed by atoms with E-state index in [0.717, 1.165) is 33.6 Å². The van der Waals surface area contributed by atoms with Crippen molar-refractivity contribution < 1.29 is 14.3 Å². The number of fused-ring (bicyclic) bond motifs is 1. The molecule has 0 spiro atoms. The van der Waals surface area contributed by atoms with Gasteiger partial charge in [-0.05, 0) is 72.9 Å². The largest absolute Gasteiger partial charge is 0.485 e. The van der Waals surface area contributed by atoms with Gasteiger partial charge < -0.3 is 15.0 Å². The van der Waals surface area contributed by atoms with Gasteiger partial charge in [0.25, 0.3) is 5.91 Å². The normalized spacial score (nSPS) is 16.8. The Balaban J connectivity index is 1.44. The van der Waals surface area contributed by atoms with E-state index in [2.05, 4.69) is 43.2 Å². The van der Waals surface area contributed by atoms with Gasteiger partial charge in [0.2, 0.25) is 5.91 Å². The molecule has 0 saturated carbocycles. The summed E-state index contributed by atoms with van der Waals surface area (Å²) in [6.07, 6.45) is 2.41. The third kappa shape index (κ3) is 5.96. The zero-order chi connectivity index (χ0) is 31.6. The third-order valence-corrected chi connectivity index (χ3v) is 8.65. The van der Waals surface area contributed by atoms with Gasteiger partial charge in [-0.2, -0.15) is 0 Å². The fourth-order valence-corrected chi connectivity index (χ4v) is 6.71. The van der Waals surface area contributed by atoms with Gasteiger partial charge in [0.05, 0.1) is 17.1 Å². The second kappa shape index (κ2) is 12.0. The molecule has 1 N–H and O–H groups in total. The van der Waals surface area contributed by atoms with Crippen molar-refractivity contribution in [2.24, 2.45) is 0 Å². The molecule has 1 aliphatic rings. The maximum atomic E-state index is 13.7. The molecule has 2 heterocycles. The van der Waals surface area contributed by atoms with Gasteiger partial charge in [0, 0.05) is 35.7 Å². The van der Waals surface area contributed by atoms with Crippen LogP contribution in [0.2, 0.25) is 0 Å². The average Bonchev–Trinajstić information content (AvgIpc) is 3.05. The summed E-state index contributed by atoms with van der Waals surface area (Å²) >= 11 is 0. The number of rotatable bonds is 7. The van der Waals surface area contributed by atoms with Gasteiger partial charge in [-0.1, -0.05) is 85.8 Å². The van der Waals surface area contributed by atoms with E-state index in [1.807, 2.05) is 108 Å². The molecule has 0 fully saturated rings. The minimum Gasteiger partial charge on any atom is -0.485 e. The van der Waals surface area contributed by atoms with E-state index in [4.69, 9.17) is 4.74 Å². The Labute approximate surface area is 264 Å². The van der Waals surface area contributed by atoms with Gasteiger partial charge in [-0.25, -0.2) is 0 Å². The van der Waals surface area contributed by atoms with Crippen LogP contribution in [0.3, 0.4) is 0 Å². The fourth-order valence-electron chi connectivity index (χ4n) is 6.71. The summed E-state index contributed by atoms with van der Waals surface area (Å²) in [6.45, 7) is 8.21. The number of nitrogens with one attached hydrogen (secondary N) is 1. The van der Waals surface area contributed by atoms with Gasteiger partial charge in [-0.3, -0.25) is 14.6 Å². The molecule has 0 aliphatic carbocycles. The van der Waals surface area contributed by atoms with Gasteiger partial charge >= 0.3 is 0 Å². The highest BCUT2D eigenvalue weighted by Gasteiger charge is 2.47. The number of hydrogen-bond donors (Lipinski definition) is 1. The Morgan fingerprint density at radius 2 is 1.47 bits per heavy atom. The first kappa shape index (κ1) is 29.8. The van der Waals surface area contributed by atoms with Crippen molar-refractivity contribution in [1.82, 2.24) is 4.98 Å². The van der Waals surface area contributed by atoms with E-state index in [9.17, 15) is 9.59 Å². The summed E-state index contributed by atoms with van der Waals surface area (Å²) in [7, 11) is 0. The Kier molecular flexibility index (Phi) is 7.98. The first-order chi connectivity index (χ1) is 21.7. The van der Waals surface area contributed by atoms with E-state index < -0.39 is 11.0 Å². The average molecular weight is 596 g/mol. The van der Waals surface area contributed by atoms with Crippen molar-refractivity contribution >= 4 is 23.2 Å². The van der Waals surface area contributed by atoms with Crippen LogP contribution in [-0.2, 0) is 16.8 Å². The number of pyridine rings is 1. The number of ether oxygens (including phenoxy) is 1. The van der Waals surface area contributed by atoms with Crippen LogP contribution in [0.5, 0.6) is 5.75 Å². The van der Waals surface area contributed by atoms with Gasteiger partial charge in [-0.15, -0.1) is 0 Å².